The van der Waals surface area contributed by atoms with E-state index >= 15 is 0 Å². The number of oxime groups is 1. The third-order valence-electron chi connectivity index (χ3n) is 19.7. The molecule has 0 spiro atoms. The third kappa shape index (κ3) is 18.2. The quantitative estimate of drug-likeness (QED) is 0.0225. The smallest absolute Gasteiger partial charge is 0.410 e. The van der Waals surface area contributed by atoms with Gasteiger partial charge in [-0.05, 0) is 134 Å². The maximum Gasteiger partial charge on any atom is 0.410 e. The molecule has 0 bridgehead atoms. The first-order chi connectivity index (χ1) is 48.0. The predicted molar refractivity (Wildman–Crippen MR) is 380 cm³/mol. The van der Waals surface area contributed by atoms with E-state index in [1.807, 2.05) is 95.0 Å². The number of aromatic nitrogens is 7. The second kappa shape index (κ2) is 31.7. The van der Waals surface area contributed by atoms with Crippen LogP contribution in [0.2, 0.25) is 0 Å². The predicted octanol–water partition coefficient (Wildman–Crippen LogP) is 14.2. The number of carbonyl (C=O) groups is 3. The average Bonchev–Trinajstić information content (AvgIpc) is 1.59. The summed E-state index contributed by atoms with van der Waals surface area (Å²) in [5, 5.41) is 33.3. The van der Waals surface area contributed by atoms with Crippen LogP contribution in [0.4, 0.5) is 9.59 Å². The zero-order valence-corrected chi connectivity index (χ0v) is 58.5. The SMILES string of the molecule is C.CC(C)(C)OC(=O)N(CC1(C(N)=NO)CCC1)[C@H]1CC1c1ccccc1.COc1ccc(-c2nc(C3(CN(C(=O)OC(C)(C)C)[C@H]4CC4c4ccccc4)CCC3)no2)cn1.COc1ccc(-c2nc(C3(CN[C@H]4CC4c4ccccc4)CCC3)no2)cn1.COc1ccc(C(=O)O)cn1. The number of carbonyl (C=O) groups excluding carboxylic acids is 2. The van der Waals surface area contributed by atoms with Crippen LogP contribution in [0.25, 0.3) is 22.9 Å². The summed E-state index contributed by atoms with van der Waals surface area (Å²) in [6, 6.07) is 42.3. The van der Waals surface area contributed by atoms with Crippen molar-refractivity contribution >= 4 is 24.0 Å². The summed E-state index contributed by atoms with van der Waals surface area (Å²) in [5.41, 5.74) is 9.67. The highest BCUT2D eigenvalue weighted by atomic mass is 16.6. The number of hydrogen-bond donors (Lipinski definition) is 4. The molecule has 6 saturated carbocycles. The zero-order chi connectivity index (χ0) is 70.8. The Morgan fingerprint density at radius 2 is 0.980 bits per heavy atom. The van der Waals surface area contributed by atoms with Crippen molar-refractivity contribution in [3.8, 4) is 40.5 Å². The minimum atomic E-state index is -0.986. The average molecular weight is 1380 g/mol. The Kier molecular flexibility index (Phi) is 23.1. The highest BCUT2D eigenvalue weighted by Crippen LogP contribution is 2.52. The summed E-state index contributed by atoms with van der Waals surface area (Å²) < 4.78 is 37.6. The van der Waals surface area contributed by atoms with Gasteiger partial charge in [0.15, 0.2) is 11.6 Å². The zero-order valence-electron chi connectivity index (χ0n) is 58.5. The van der Waals surface area contributed by atoms with Crippen LogP contribution in [-0.2, 0) is 20.3 Å². The number of carboxylic acid groups (broad SMARTS) is 1. The number of hydrogen-bond acceptors (Lipinski definition) is 20. The minimum absolute atomic E-state index is 0. The van der Waals surface area contributed by atoms with Crippen LogP contribution in [-0.4, -0.2) is 150 Å². The maximum atomic E-state index is 13.4. The number of nitrogens with one attached hydrogen (secondary N) is 1. The molecule has 5 N–H and O–H groups in total. The molecule has 0 saturated heterocycles. The van der Waals surface area contributed by atoms with Gasteiger partial charge in [-0.2, -0.15) is 9.97 Å². The summed E-state index contributed by atoms with van der Waals surface area (Å²) in [6.45, 7) is 13.2. The van der Waals surface area contributed by atoms with E-state index in [0.717, 1.165) is 87.7 Å². The number of pyridine rings is 3. The number of nitrogens with two attached hydrogens (primary N) is 1. The molecule has 101 heavy (non-hydrogen) atoms. The standard InChI is InChI=1S/C27H32N4O4.C22H24N4O2.C20H29N3O3.C7H7NO3.CH4/c1-26(2,3)34-25(32)31(21-15-20(21)18-9-6-5-7-10-18)17-27(13-8-14-27)24-29-23(35-30-24)19-11-12-22(33-4)28-16-19;1-27-19-9-8-16(13-23-19)20-25-21(26-28-20)22(10-5-11-22)14-24-18-12-17(18)15-6-3-2-4-7-15;1-19(2,3)26-18(24)23(13-20(10-7-11-20)17(21)22-25)16-12-15(16)14-8-5-4-6-9-14;1-11-6-3-2-5(4-8-6)7(9)10;/h5-7,9-12,16,20-21H,8,13-15,17H2,1-4H3;2-4,6-9,13,17-18,24H,5,10-12,14H2,1H3;4-6,8-9,15-16,25H,7,10-13H2,1-3H3,(H2,21,22);2-4H,1H3,(H,9,10);1H4/t20?,21-;17?,18-;15?,16-;;/m000../s1. The Morgan fingerprint density at radius 3 is 1.34 bits per heavy atom. The number of amidine groups is 1. The Morgan fingerprint density at radius 1 is 0.564 bits per heavy atom. The number of benzene rings is 3. The molecule has 8 aromatic rings. The summed E-state index contributed by atoms with van der Waals surface area (Å²) in [6.07, 6.45) is 16.0. The fourth-order valence-corrected chi connectivity index (χ4v) is 13.3. The molecule has 6 aliphatic carbocycles. The second-order valence-electron chi connectivity index (χ2n) is 28.9. The van der Waals surface area contributed by atoms with Gasteiger partial charge in [-0.3, -0.25) is 0 Å². The highest BCUT2D eigenvalue weighted by Gasteiger charge is 2.54. The van der Waals surface area contributed by atoms with Crippen molar-refractivity contribution < 1.29 is 57.4 Å². The summed E-state index contributed by atoms with van der Waals surface area (Å²) in [7, 11) is 4.65. The Balaban J connectivity index is 0.000000152. The molecular weight excluding hydrogens is 1280 g/mol. The molecule has 24 heteroatoms. The molecule has 2 amide bonds. The fourth-order valence-electron chi connectivity index (χ4n) is 13.3. The van der Waals surface area contributed by atoms with Crippen molar-refractivity contribution in [1.29, 1.82) is 0 Å². The van der Waals surface area contributed by atoms with Gasteiger partial charge in [0.2, 0.25) is 17.6 Å². The van der Waals surface area contributed by atoms with Gasteiger partial charge in [-0.15, -0.1) is 0 Å². The van der Waals surface area contributed by atoms with Crippen LogP contribution in [0.3, 0.4) is 0 Å². The monoisotopic (exact) mass is 1380 g/mol. The molecule has 24 nitrogen and oxygen atoms in total. The minimum Gasteiger partial charge on any atom is -0.481 e. The molecule has 0 radical (unpaired) electrons. The van der Waals surface area contributed by atoms with Gasteiger partial charge < -0.3 is 63.9 Å². The lowest BCUT2D eigenvalue weighted by Gasteiger charge is -2.44. The van der Waals surface area contributed by atoms with Gasteiger partial charge >= 0.3 is 18.2 Å². The first-order valence-electron chi connectivity index (χ1n) is 34.3. The fraction of sp³-hybridized carbons (Fsp3) is 0.468. The van der Waals surface area contributed by atoms with Gasteiger partial charge in [-0.1, -0.05) is 133 Å². The number of nitrogens with zero attached hydrogens (tertiary/aromatic N) is 10. The molecule has 5 heterocycles. The summed E-state index contributed by atoms with van der Waals surface area (Å²) in [5.74, 6) is 4.38. The Hall–Kier alpha value is -9.97. The molecule has 3 unspecified atom stereocenters. The van der Waals surface area contributed by atoms with E-state index in [0.29, 0.717) is 72.1 Å². The summed E-state index contributed by atoms with van der Waals surface area (Å²) in [4.78, 5) is 61.9. The van der Waals surface area contributed by atoms with Crippen molar-refractivity contribution in [3.05, 3.63) is 180 Å². The first kappa shape index (κ1) is 73.7. The van der Waals surface area contributed by atoms with E-state index in [-0.39, 0.29) is 53.9 Å². The molecule has 536 valence electrons. The number of ether oxygens (including phenoxy) is 5. The van der Waals surface area contributed by atoms with Crippen LogP contribution in [0.5, 0.6) is 17.6 Å². The molecule has 3 aromatic carbocycles. The van der Waals surface area contributed by atoms with E-state index in [4.69, 9.17) is 53.5 Å². The number of methoxy groups -OCH3 is 3. The van der Waals surface area contributed by atoms with E-state index in [1.54, 1.807) is 43.6 Å². The van der Waals surface area contributed by atoms with Crippen LogP contribution in [0, 0.1) is 5.41 Å². The van der Waals surface area contributed by atoms with Crippen LogP contribution in [0.1, 0.15) is 182 Å². The third-order valence-corrected chi connectivity index (χ3v) is 19.7. The normalized spacial score (nSPS) is 20.7. The lowest BCUT2D eigenvalue weighted by molar-refractivity contribution is 0.0110. The van der Waals surface area contributed by atoms with E-state index in [2.05, 4.69) is 90.3 Å². The topological polar surface area (TPSA) is 311 Å². The number of aromatic carboxylic acids is 1. The summed E-state index contributed by atoms with van der Waals surface area (Å²) >= 11 is 0. The molecule has 0 aliphatic heterocycles. The van der Waals surface area contributed by atoms with E-state index in [9.17, 15) is 19.6 Å². The van der Waals surface area contributed by atoms with Crippen LogP contribution in [0.15, 0.2) is 160 Å². The lowest BCUT2D eigenvalue weighted by atomic mass is 9.67. The lowest BCUT2D eigenvalue weighted by Crippen LogP contribution is -2.53. The van der Waals surface area contributed by atoms with Crippen molar-refractivity contribution in [3.63, 3.8) is 0 Å². The molecule has 6 atom stereocenters. The highest BCUT2D eigenvalue weighted by molar-refractivity contribution is 5.88. The van der Waals surface area contributed by atoms with Crippen molar-refractivity contribution in [1.82, 2.24) is 50.3 Å². The number of rotatable bonds is 21. The maximum absolute atomic E-state index is 13.4. The van der Waals surface area contributed by atoms with Gasteiger partial charge in [0.25, 0.3) is 11.8 Å². The Labute approximate surface area is 590 Å². The van der Waals surface area contributed by atoms with Crippen molar-refractivity contribution in [2.24, 2.45) is 16.3 Å². The number of carboxylic acids is 1. The molecule has 6 aliphatic rings. The van der Waals surface area contributed by atoms with Crippen LogP contribution >= 0.6 is 0 Å². The Bertz CT molecular complexity index is 4020. The second-order valence-corrected chi connectivity index (χ2v) is 28.9. The van der Waals surface area contributed by atoms with Gasteiger partial charge in [0.05, 0.1) is 43.4 Å². The molecule has 5 aromatic heterocycles. The van der Waals surface area contributed by atoms with E-state index < -0.39 is 22.6 Å². The molecule has 6 fully saturated rings. The number of amides is 2. The van der Waals surface area contributed by atoms with E-state index in [1.165, 1.54) is 55.0 Å². The van der Waals surface area contributed by atoms with Gasteiger partial charge in [0.1, 0.15) is 17.0 Å². The van der Waals surface area contributed by atoms with Crippen LogP contribution < -0.4 is 25.3 Å². The first-order valence-corrected chi connectivity index (χ1v) is 34.3. The largest absolute Gasteiger partial charge is 0.481 e. The molecular formula is C77H96N12O12. The van der Waals surface area contributed by atoms with Gasteiger partial charge in [0, 0.05) is 103 Å². The van der Waals surface area contributed by atoms with Crippen molar-refractivity contribution in [2.75, 3.05) is 41.0 Å². The molecule has 14 rings (SSSR count). The van der Waals surface area contributed by atoms with Crippen molar-refractivity contribution in [2.45, 2.75) is 184 Å². The van der Waals surface area contributed by atoms with Gasteiger partial charge in [-0.25, -0.2) is 29.3 Å².